The highest BCUT2D eigenvalue weighted by atomic mass is 32.1. The minimum absolute atomic E-state index is 0.609. The topological polar surface area (TPSA) is 3.24 Å². The molecule has 0 bridgehead atoms. The molecule has 1 aromatic carbocycles. The van der Waals surface area contributed by atoms with Gasteiger partial charge in [0, 0.05) is 18.3 Å². The molecule has 0 amide bonds. The van der Waals surface area contributed by atoms with Gasteiger partial charge in [-0.1, -0.05) is 24.3 Å². The third-order valence-electron chi connectivity index (χ3n) is 2.83. The standard InChI is InChI=1S/C11H15NS/c1-12-7-10-5-3-2-4-9(10)6-11(12)8-13/h2-5,11,13H,6-8H2,1H3. The van der Waals surface area contributed by atoms with E-state index in [4.69, 9.17) is 0 Å². The van der Waals surface area contributed by atoms with Gasteiger partial charge in [-0.3, -0.25) is 4.90 Å². The lowest BCUT2D eigenvalue weighted by Gasteiger charge is -2.33. The van der Waals surface area contributed by atoms with E-state index >= 15 is 0 Å². The van der Waals surface area contributed by atoms with Crippen molar-refractivity contribution >= 4 is 12.6 Å². The van der Waals surface area contributed by atoms with Crippen LogP contribution < -0.4 is 0 Å². The fourth-order valence-electron chi connectivity index (χ4n) is 1.92. The molecular formula is C11H15NS. The molecule has 0 aliphatic carbocycles. The quantitative estimate of drug-likeness (QED) is 0.667. The van der Waals surface area contributed by atoms with Crippen molar-refractivity contribution in [2.24, 2.45) is 0 Å². The first-order valence-corrected chi connectivity index (χ1v) is 5.32. The Kier molecular flexibility index (Phi) is 2.61. The van der Waals surface area contributed by atoms with E-state index < -0.39 is 0 Å². The maximum absolute atomic E-state index is 4.37. The maximum Gasteiger partial charge on any atom is 0.0236 e. The largest absolute Gasteiger partial charge is 0.298 e. The lowest BCUT2D eigenvalue weighted by Crippen LogP contribution is -2.38. The van der Waals surface area contributed by atoms with Crippen LogP contribution in [-0.2, 0) is 13.0 Å². The molecule has 0 spiro atoms. The van der Waals surface area contributed by atoms with Crippen LogP contribution >= 0.6 is 12.6 Å². The Hall–Kier alpha value is -0.470. The number of fused-ring (bicyclic) bond motifs is 1. The lowest BCUT2D eigenvalue weighted by atomic mass is 9.95. The molecule has 0 radical (unpaired) electrons. The second-order valence-electron chi connectivity index (χ2n) is 3.72. The van der Waals surface area contributed by atoms with Gasteiger partial charge in [0.15, 0.2) is 0 Å². The van der Waals surface area contributed by atoms with Gasteiger partial charge in [-0.2, -0.15) is 12.6 Å². The third kappa shape index (κ3) is 1.74. The summed E-state index contributed by atoms with van der Waals surface area (Å²) in [7, 11) is 2.18. The summed E-state index contributed by atoms with van der Waals surface area (Å²) in [6.45, 7) is 1.07. The molecule has 2 heteroatoms. The summed E-state index contributed by atoms with van der Waals surface area (Å²) >= 11 is 4.37. The smallest absolute Gasteiger partial charge is 0.0236 e. The summed E-state index contributed by atoms with van der Waals surface area (Å²) in [5, 5.41) is 0. The fourth-order valence-corrected chi connectivity index (χ4v) is 2.33. The van der Waals surface area contributed by atoms with E-state index in [0.29, 0.717) is 6.04 Å². The van der Waals surface area contributed by atoms with E-state index in [0.717, 1.165) is 18.7 Å². The molecule has 1 heterocycles. The van der Waals surface area contributed by atoms with Crippen molar-refractivity contribution in [3.63, 3.8) is 0 Å². The Morgan fingerprint density at radius 2 is 2.08 bits per heavy atom. The van der Waals surface area contributed by atoms with E-state index in [-0.39, 0.29) is 0 Å². The molecule has 2 rings (SSSR count). The van der Waals surface area contributed by atoms with Crippen molar-refractivity contribution in [2.75, 3.05) is 12.8 Å². The average Bonchev–Trinajstić information content (AvgIpc) is 2.17. The zero-order chi connectivity index (χ0) is 9.26. The van der Waals surface area contributed by atoms with Crippen LogP contribution in [0.15, 0.2) is 24.3 Å². The summed E-state index contributed by atoms with van der Waals surface area (Å²) in [4.78, 5) is 2.38. The molecule has 13 heavy (non-hydrogen) atoms. The van der Waals surface area contributed by atoms with Crippen LogP contribution in [0, 0.1) is 0 Å². The molecule has 1 aliphatic rings. The Morgan fingerprint density at radius 3 is 2.77 bits per heavy atom. The number of likely N-dealkylation sites (N-methyl/N-ethyl adjacent to an activating group) is 1. The van der Waals surface area contributed by atoms with Gasteiger partial charge in [0.25, 0.3) is 0 Å². The van der Waals surface area contributed by atoms with Crippen LogP contribution in [0.2, 0.25) is 0 Å². The Balaban J connectivity index is 2.27. The second kappa shape index (κ2) is 3.72. The van der Waals surface area contributed by atoms with E-state index in [9.17, 15) is 0 Å². The molecule has 1 atom stereocenters. The van der Waals surface area contributed by atoms with Crippen LogP contribution in [0.3, 0.4) is 0 Å². The van der Waals surface area contributed by atoms with Crippen LogP contribution in [0.4, 0.5) is 0 Å². The Labute approximate surface area is 85.2 Å². The molecule has 1 nitrogen and oxygen atoms in total. The van der Waals surface area contributed by atoms with Gasteiger partial charge >= 0.3 is 0 Å². The van der Waals surface area contributed by atoms with Crippen molar-refractivity contribution in [3.05, 3.63) is 35.4 Å². The minimum Gasteiger partial charge on any atom is -0.298 e. The van der Waals surface area contributed by atoms with Gasteiger partial charge in [0.05, 0.1) is 0 Å². The predicted molar refractivity (Wildman–Crippen MR) is 59.3 cm³/mol. The van der Waals surface area contributed by atoms with Crippen molar-refractivity contribution in [1.82, 2.24) is 4.90 Å². The Morgan fingerprint density at radius 1 is 1.38 bits per heavy atom. The summed E-state index contributed by atoms with van der Waals surface area (Å²) < 4.78 is 0. The van der Waals surface area contributed by atoms with E-state index in [1.165, 1.54) is 11.1 Å². The molecule has 0 saturated carbocycles. The van der Waals surface area contributed by atoms with Gasteiger partial charge in [-0.15, -0.1) is 0 Å². The van der Waals surface area contributed by atoms with Crippen molar-refractivity contribution in [3.8, 4) is 0 Å². The summed E-state index contributed by atoms with van der Waals surface area (Å²) in [5.41, 5.74) is 2.97. The van der Waals surface area contributed by atoms with Crippen LogP contribution in [0.1, 0.15) is 11.1 Å². The van der Waals surface area contributed by atoms with Gasteiger partial charge in [-0.25, -0.2) is 0 Å². The third-order valence-corrected chi connectivity index (χ3v) is 3.25. The van der Waals surface area contributed by atoms with Crippen molar-refractivity contribution in [1.29, 1.82) is 0 Å². The second-order valence-corrected chi connectivity index (χ2v) is 4.09. The molecular weight excluding hydrogens is 178 g/mol. The number of rotatable bonds is 1. The highest BCUT2D eigenvalue weighted by Gasteiger charge is 2.21. The molecule has 1 unspecified atom stereocenters. The summed E-state index contributed by atoms with van der Waals surface area (Å²) in [5.74, 6) is 0.949. The van der Waals surface area contributed by atoms with Gasteiger partial charge < -0.3 is 0 Å². The van der Waals surface area contributed by atoms with E-state index in [2.05, 4.69) is 48.8 Å². The average molecular weight is 193 g/mol. The molecule has 1 aliphatic heterocycles. The van der Waals surface area contributed by atoms with Gasteiger partial charge in [0.1, 0.15) is 0 Å². The maximum atomic E-state index is 4.37. The summed E-state index contributed by atoms with van der Waals surface area (Å²) in [6, 6.07) is 9.31. The molecule has 70 valence electrons. The van der Waals surface area contributed by atoms with Crippen molar-refractivity contribution in [2.45, 2.75) is 19.0 Å². The number of benzene rings is 1. The highest BCUT2D eigenvalue weighted by Crippen LogP contribution is 2.22. The SMILES string of the molecule is CN1Cc2ccccc2CC1CS. The van der Waals surface area contributed by atoms with Crippen LogP contribution in [0.5, 0.6) is 0 Å². The highest BCUT2D eigenvalue weighted by molar-refractivity contribution is 7.80. The van der Waals surface area contributed by atoms with Crippen molar-refractivity contribution < 1.29 is 0 Å². The molecule has 0 N–H and O–H groups in total. The molecule has 0 fully saturated rings. The Bertz CT molecular complexity index is 298. The first-order valence-electron chi connectivity index (χ1n) is 4.69. The predicted octanol–water partition coefficient (Wildman–Crippen LogP) is 1.97. The normalized spacial score (nSPS) is 22.8. The minimum atomic E-state index is 0.609. The van der Waals surface area contributed by atoms with Gasteiger partial charge in [0.2, 0.25) is 0 Å². The van der Waals surface area contributed by atoms with Crippen LogP contribution in [-0.4, -0.2) is 23.7 Å². The lowest BCUT2D eigenvalue weighted by molar-refractivity contribution is 0.235. The van der Waals surface area contributed by atoms with E-state index in [1.54, 1.807) is 0 Å². The number of thiol groups is 1. The van der Waals surface area contributed by atoms with E-state index in [1.807, 2.05) is 0 Å². The molecule has 1 aromatic rings. The first-order chi connectivity index (χ1) is 6.31. The zero-order valence-electron chi connectivity index (χ0n) is 7.90. The zero-order valence-corrected chi connectivity index (χ0v) is 8.80. The van der Waals surface area contributed by atoms with Gasteiger partial charge in [-0.05, 0) is 24.6 Å². The number of nitrogens with zero attached hydrogens (tertiary/aromatic N) is 1. The first kappa shape index (κ1) is 9.10. The fraction of sp³-hybridized carbons (Fsp3) is 0.455. The number of hydrogen-bond acceptors (Lipinski definition) is 2. The summed E-state index contributed by atoms with van der Waals surface area (Å²) in [6.07, 6.45) is 1.15. The number of hydrogen-bond donors (Lipinski definition) is 1. The van der Waals surface area contributed by atoms with Crippen LogP contribution in [0.25, 0.3) is 0 Å². The monoisotopic (exact) mass is 193 g/mol. The molecule has 0 saturated heterocycles. The molecule has 0 aromatic heterocycles.